The van der Waals surface area contributed by atoms with Crippen LogP contribution in [0.2, 0.25) is 0 Å². The van der Waals surface area contributed by atoms with Gasteiger partial charge < -0.3 is 9.47 Å². The van der Waals surface area contributed by atoms with Crippen LogP contribution < -0.4 is 0 Å². The van der Waals surface area contributed by atoms with Gasteiger partial charge in [-0.25, -0.2) is 0 Å². The third kappa shape index (κ3) is 3.24. The van der Waals surface area contributed by atoms with Crippen molar-refractivity contribution in [1.82, 2.24) is 0 Å². The molecule has 0 unspecified atom stereocenters. The molecule has 4 heteroatoms. The number of fused-ring (bicyclic) bond motifs is 5. The van der Waals surface area contributed by atoms with Gasteiger partial charge in [0.2, 0.25) is 0 Å². The molecule has 1 saturated heterocycles. The van der Waals surface area contributed by atoms with E-state index < -0.39 is 6.10 Å². The van der Waals surface area contributed by atoms with Crippen LogP contribution in [-0.2, 0) is 15.9 Å². The highest BCUT2D eigenvalue weighted by Crippen LogP contribution is 2.71. The van der Waals surface area contributed by atoms with Gasteiger partial charge in [0, 0.05) is 16.2 Å². The second-order valence-corrected chi connectivity index (χ2v) is 11.1. The fraction of sp³-hybridized carbons (Fsp3) is 0.792. The number of rotatable bonds is 8. The van der Waals surface area contributed by atoms with Gasteiger partial charge >= 0.3 is 0 Å². The maximum atomic E-state index is 9.72. The van der Waals surface area contributed by atoms with Crippen LogP contribution >= 0.6 is 11.3 Å². The second-order valence-electron chi connectivity index (χ2n) is 9.93. The van der Waals surface area contributed by atoms with Gasteiger partial charge in [-0.1, -0.05) is 47.0 Å². The summed E-state index contributed by atoms with van der Waals surface area (Å²) >= 11 is 1.74. The van der Waals surface area contributed by atoms with Gasteiger partial charge in [0.15, 0.2) is 12.4 Å². The molecule has 1 aromatic rings. The van der Waals surface area contributed by atoms with Crippen LogP contribution in [0.3, 0.4) is 0 Å². The number of hydrogen-bond acceptors (Lipinski definition) is 4. The summed E-state index contributed by atoms with van der Waals surface area (Å²) in [4.78, 5) is 2.40. The SMILES string of the molecule is CCCCCCc1ccc([C@H](C#N)O[C@@H]2C[C@H]3[C@H]4CC[C@@](C)([C@H]3O2)C4(C)C)s1. The van der Waals surface area contributed by atoms with Gasteiger partial charge in [0.25, 0.3) is 0 Å². The van der Waals surface area contributed by atoms with E-state index in [-0.39, 0.29) is 11.7 Å². The third-order valence-corrected chi connectivity index (χ3v) is 9.48. The van der Waals surface area contributed by atoms with E-state index in [1.807, 2.05) is 0 Å². The highest BCUT2D eigenvalue weighted by Gasteiger charge is 2.69. The minimum Gasteiger partial charge on any atom is -0.348 e. The Kier molecular flexibility index (Phi) is 5.64. The van der Waals surface area contributed by atoms with Crippen molar-refractivity contribution in [3.63, 3.8) is 0 Å². The molecule has 0 radical (unpaired) electrons. The average Bonchev–Trinajstić information content (AvgIpc) is 3.38. The van der Waals surface area contributed by atoms with Gasteiger partial charge in [-0.2, -0.15) is 5.26 Å². The smallest absolute Gasteiger partial charge is 0.181 e. The molecule has 3 nitrogen and oxygen atoms in total. The van der Waals surface area contributed by atoms with Crippen molar-refractivity contribution < 1.29 is 9.47 Å². The van der Waals surface area contributed by atoms with Crippen LogP contribution in [0.1, 0.15) is 88.5 Å². The molecule has 3 fully saturated rings. The van der Waals surface area contributed by atoms with Gasteiger partial charge in [-0.15, -0.1) is 11.3 Å². The van der Waals surface area contributed by atoms with E-state index in [1.54, 1.807) is 11.3 Å². The van der Waals surface area contributed by atoms with Crippen molar-refractivity contribution in [2.24, 2.45) is 22.7 Å². The first-order valence-electron chi connectivity index (χ1n) is 11.2. The van der Waals surface area contributed by atoms with Gasteiger partial charge in [0.05, 0.1) is 6.10 Å². The molecule has 4 rings (SSSR count). The van der Waals surface area contributed by atoms with E-state index in [9.17, 15) is 5.26 Å². The van der Waals surface area contributed by atoms with Crippen LogP contribution in [0.4, 0.5) is 0 Å². The summed E-state index contributed by atoms with van der Waals surface area (Å²) in [7, 11) is 0. The Morgan fingerprint density at radius 1 is 1.29 bits per heavy atom. The highest BCUT2D eigenvalue weighted by atomic mass is 32.1. The molecule has 2 heterocycles. The van der Waals surface area contributed by atoms with Gasteiger partial charge in [0.1, 0.15) is 6.07 Å². The zero-order valence-corrected chi connectivity index (χ0v) is 18.7. The van der Waals surface area contributed by atoms with Crippen LogP contribution in [-0.4, -0.2) is 12.4 Å². The zero-order chi connectivity index (χ0) is 19.9. The van der Waals surface area contributed by atoms with Crippen molar-refractivity contribution in [3.05, 3.63) is 21.9 Å². The first-order valence-corrected chi connectivity index (χ1v) is 12.0. The quantitative estimate of drug-likeness (QED) is 0.459. The van der Waals surface area contributed by atoms with Crippen LogP contribution in [0.25, 0.3) is 0 Å². The van der Waals surface area contributed by atoms with E-state index >= 15 is 0 Å². The number of aryl methyl sites for hydroxylation is 1. The van der Waals surface area contributed by atoms with Crippen molar-refractivity contribution in [1.29, 1.82) is 5.26 Å². The van der Waals surface area contributed by atoms with Crippen LogP contribution in [0.5, 0.6) is 0 Å². The molecule has 2 aliphatic carbocycles. The molecular weight excluding hydrogens is 366 g/mol. The molecule has 3 aliphatic rings. The summed E-state index contributed by atoms with van der Waals surface area (Å²) in [6.45, 7) is 9.50. The molecule has 0 aromatic carbocycles. The lowest BCUT2D eigenvalue weighted by Gasteiger charge is -2.38. The Bertz CT molecular complexity index is 735. The van der Waals surface area contributed by atoms with Crippen LogP contribution in [0, 0.1) is 34.0 Å². The molecule has 0 N–H and O–H groups in total. The van der Waals surface area contributed by atoms with E-state index in [0.717, 1.165) is 23.6 Å². The maximum absolute atomic E-state index is 9.72. The third-order valence-electron chi connectivity index (χ3n) is 8.29. The second kappa shape index (κ2) is 7.74. The maximum Gasteiger partial charge on any atom is 0.181 e. The molecule has 6 atom stereocenters. The van der Waals surface area contributed by atoms with Crippen molar-refractivity contribution >= 4 is 11.3 Å². The Morgan fingerprint density at radius 2 is 2.11 bits per heavy atom. The van der Waals surface area contributed by atoms with Crippen molar-refractivity contribution in [3.8, 4) is 6.07 Å². The standard InChI is InChI=1S/C24H35NO2S/c1-5-6-7-8-9-16-10-11-20(28-16)19(15-25)26-21-14-17-18-12-13-24(4,22(17)27-21)23(18,2)3/h10-11,17-19,21-22H,5-9,12-14H2,1-4H3/t17-,18+,19-,21-,22-,24-/m0/s1. The largest absolute Gasteiger partial charge is 0.348 e. The van der Waals surface area contributed by atoms with E-state index in [2.05, 4.69) is 45.9 Å². The summed E-state index contributed by atoms with van der Waals surface area (Å²) in [5, 5.41) is 9.72. The lowest BCUT2D eigenvalue weighted by molar-refractivity contribution is -0.177. The predicted octanol–water partition coefficient (Wildman–Crippen LogP) is 6.64. The predicted molar refractivity (Wildman–Crippen MR) is 113 cm³/mol. The number of unbranched alkanes of at least 4 members (excludes halogenated alkanes) is 3. The molecule has 1 aliphatic heterocycles. The lowest BCUT2D eigenvalue weighted by Crippen LogP contribution is -2.38. The molecule has 1 aromatic heterocycles. The Balaban J connectivity index is 1.36. The van der Waals surface area contributed by atoms with Crippen molar-refractivity contribution in [2.45, 2.75) is 97.6 Å². The normalized spacial score (nSPS) is 36.4. The van der Waals surface area contributed by atoms with Gasteiger partial charge in [-0.05, 0) is 60.5 Å². The van der Waals surface area contributed by atoms with Crippen LogP contribution in [0.15, 0.2) is 12.1 Å². The first kappa shape index (κ1) is 20.4. The molecule has 2 saturated carbocycles. The first-order chi connectivity index (χ1) is 13.4. The monoisotopic (exact) mass is 401 g/mol. The minimum absolute atomic E-state index is 0.231. The number of nitriles is 1. The number of thiophene rings is 1. The molecule has 154 valence electrons. The summed E-state index contributed by atoms with van der Waals surface area (Å²) in [5.74, 6) is 1.32. The highest BCUT2D eigenvalue weighted by molar-refractivity contribution is 7.12. The Hall–Kier alpha value is -0.890. The fourth-order valence-corrected chi connectivity index (χ4v) is 7.32. The lowest BCUT2D eigenvalue weighted by atomic mass is 9.70. The number of hydrogen-bond donors (Lipinski definition) is 0. The molecule has 0 spiro atoms. The minimum atomic E-state index is -0.503. The van der Waals surface area contributed by atoms with E-state index in [1.165, 1.54) is 43.4 Å². The summed E-state index contributed by atoms with van der Waals surface area (Å²) < 4.78 is 12.6. The summed E-state index contributed by atoms with van der Waals surface area (Å²) in [6.07, 6.45) is 9.28. The Labute approximate surface area is 174 Å². The van der Waals surface area contributed by atoms with Gasteiger partial charge in [-0.3, -0.25) is 0 Å². The summed E-state index contributed by atoms with van der Waals surface area (Å²) in [6, 6.07) is 6.63. The zero-order valence-electron chi connectivity index (χ0n) is 17.9. The summed E-state index contributed by atoms with van der Waals surface area (Å²) in [5.41, 5.74) is 0.597. The van der Waals surface area contributed by atoms with Crippen molar-refractivity contribution in [2.75, 3.05) is 0 Å². The Morgan fingerprint density at radius 3 is 2.82 bits per heavy atom. The molecular formula is C24H35NO2S. The number of nitrogens with zero attached hydrogens (tertiary/aromatic N) is 1. The fourth-order valence-electron chi connectivity index (χ4n) is 6.28. The van der Waals surface area contributed by atoms with E-state index in [0.29, 0.717) is 17.4 Å². The topological polar surface area (TPSA) is 42.2 Å². The van der Waals surface area contributed by atoms with E-state index in [4.69, 9.17) is 9.47 Å². The molecule has 0 amide bonds. The molecule has 28 heavy (non-hydrogen) atoms. The number of ether oxygens (including phenoxy) is 2. The molecule has 2 bridgehead atoms. The average molecular weight is 402 g/mol.